The molecule has 0 aliphatic heterocycles. The number of rotatable bonds is 2. The summed E-state index contributed by atoms with van der Waals surface area (Å²) in [5, 5.41) is 0. The van der Waals surface area contributed by atoms with Crippen LogP contribution in [0.15, 0.2) is 54.1 Å². The largest absolute Gasteiger partial charge is 0.0842 e. The smallest absolute Gasteiger partial charge is 0.0172 e. The maximum absolute atomic E-state index is 2.46. The standard InChI is InChI=1S/C21H28.3C2H6/c1-17-14-20(2,3)16-21(15-17,18-10-6-4-7-11-18)19-12-8-5-9-13-19;3*1-2/h4-8,10-12,17H,9,13-16H2,1-3H3;3*1-2H3. The quantitative estimate of drug-likeness (QED) is 0.487. The average Bonchev–Trinajstić information content (AvgIpc) is 2.72. The minimum Gasteiger partial charge on any atom is -0.0842 e. The molecule has 3 rings (SSSR count). The van der Waals surface area contributed by atoms with Crippen LogP contribution in [0.2, 0.25) is 0 Å². The van der Waals surface area contributed by atoms with Crippen LogP contribution in [0.5, 0.6) is 0 Å². The van der Waals surface area contributed by atoms with Crippen LogP contribution in [0.3, 0.4) is 0 Å². The van der Waals surface area contributed by atoms with Crippen molar-refractivity contribution in [1.29, 1.82) is 0 Å². The summed E-state index contributed by atoms with van der Waals surface area (Å²) in [6.07, 6.45) is 13.4. The van der Waals surface area contributed by atoms with E-state index in [9.17, 15) is 0 Å². The third kappa shape index (κ3) is 6.98. The predicted molar refractivity (Wildman–Crippen MR) is 125 cm³/mol. The molecule has 154 valence electrons. The van der Waals surface area contributed by atoms with Crippen molar-refractivity contribution in [1.82, 2.24) is 0 Å². The van der Waals surface area contributed by atoms with Gasteiger partial charge in [0.25, 0.3) is 0 Å². The highest BCUT2D eigenvalue weighted by atomic mass is 14.5. The molecule has 0 N–H and O–H groups in total. The molecule has 1 saturated carbocycles. The minimum absolute atomic E-state index is 0.257. The van der Waals surface area contributed by atoms with Crippen LogP contribution in [0.4, 0.5) is 0 Å². The van der Waals surface area contributed by atoms with Gasteiger partial charge in [0.15, 0.2) is 0 Å². The van der Waals surface area contributed by atoms with Crippen LogP contribution in [-0.4, -0.2) is 0 Å². The summed E-state index contributed by atoms with van der Waals surface area (Å²) in [5.41, 5.74) is 3.88. The highest BCUT2D eigenvalue weighted by Crippen LogP contribution is 2.54. The second-order valence-electron chi connectivity index (χ2n) is 7.96. The number of benzene rings is 1. The monoisotopic (exact) mass is 370 g/mol. The molecule has 0 amide bonds. The summed E-state index contributed by atoms with van der Waals surface area (Å²) < 4.78 is 0. The van der Waals surface area contributed by atoms with Crippen LogP contribution < -0.4 is 0 Å². The van der Waals surface area contributed by atoms with E-state index in [4.69, 9.17) is 0 Å². The van der Waals surface area contributed by atoms with Crippen molar-refractivity contribution in [2.24, 2.45) is 11.3 Å². The highest BCUT2D eigenvalue weighted by Gasteiger charge is 2.45. The fourth-order valence-electron chi connectivity index (χ4n) is 4.98. The maximum atomic E-state index is 2.46. The lowest BCUT2D eigenvalue weighted by Crippen LogP contribution is -2.41. The van der Waals surface area contributed by atoms with Crippen LogP contribution in [0, 0.1) is 11.3 Å². The molecule has 0 saturated heterocycles. The zero-order valence-corrected chi connectivity index (χ0v) is 19.7. The molecule has 0 heteroatoms. The molecule has 0 aromatic heterocycles. The SMILES string of the molecule is CC.CC.CC.CC1CC(C)(C)CC(C2=CC=CCC2)(c2ccccc2)C1. The van der Waals surface area contributed by atoms with Crippen LogP contribution in [-0.2, 0) is 5.41 Å². The molecule has 0 radical (unpaired) electrons. The van der Waals surface area contributed by atoms with E-state index in [-0.39, 0.29) is 5.41 Å². The summed E-state index contributed by atoms with van der Waals surface area (Å²) in [7, 11) is 0. The van der Waals surface area contributed by atoms with E-state index in [0.29, 0.717) is 5.41 Å². The van der Waals surface area contributed by atoms with Gasteiger partial charge in [-0.3, -0.25) is 0 Å². The van der Waals surface area contributed by atoms with E-state index < -0.39 is 0 Å². The van der Waals surface area contributed by atoms with Crippen molar-refractivity contribution >= 4 is 0 Å². The molecular weight excluding hydrogens is 324 g/mol. The molecule has 0 nitrogen and oxygen atoms in total. The lowest BCUT2D eigenvalue weighted by molar-refractivity contribution is 0.122. The van der Waals surface area contributed by atoms with E-state index in [2.05, 4.69) is 69.3 Å². The van der Waals surface area contributed by atoms with E-state index >= 15 is 0 Å². The van der Waals surface area contributed by atoms with Crippen molar-refractivity contribution in [3.8, 4) is 0 Å². The zero-order valence-electron chi connectivity index (χ0n) is 19.7. The van der Waals surface area contributed by atoms with Gasteiger partial charge in [-0.1, -0.05) is 116 Å². The van der Waals surface area contributed by atoms with Gasteiger partial charge in [-0.25, -0.2) is 0 Å². The molecule has 2 atom stereocenters. The van der Waals surface area contributed by atoms with Crippen LogP contribution in [0.1, 0.15) is 100.0 Å². The Morgan fingerprint density at radius 1 is 0.852 bits per heavy atom. The average molecular weight is 371 g/mol. The van der Waals surface area contributed by atoms with Crippen molar-refractivity contribution in [2.45, 2.75) is 99.8 Å². The van der Waals surface area contributed by atoms with E-state index in [1.54, 1.807) is 5.57 Å². The molecule has 2 unspecified atom stereocenters. The lowest BCUT2D eigenvalue weighted by Gasteiger charge is -2.50. The third-order valence-corrected chi connectivity index (χ3v) is 5.33. The van der Waals surface area contributed by atoms with E-state index in [0.717, 1.165) is 5.92 Å². The Morgan fingerprint density at radius 3 is 1.93 bits per heavy atom. The fourth-order valence-corrected chi connectivity index (χ4v) is 4.98. The molecule has 2 aliphatic rings. The van der Waals surface area contributed by atoms with Gasteiger partial charge in [0.2, 0.25) is 0 Å². The summed E-state index contributed by atoms with van der Waals surface area (Å²) in [5.74, 6) is 0.792. The Kier molecular flexibility index (Phi) is 12.4. The Hall–Kier alpha value is -1.30. The maximum Gasteiger partial charge on any atom is 0.0172 e. The van der Waals surface area contributed by atoms with E-state index in [1.165, 1.54) is 37.7 Å². The first-order valence-corrected chi connectivity index (χ1v) is 11.4. The Bertz CT molecular complexity index is 547. The van der Waals surface area contributed by atoms with Gasteiger partial charge < -0.3 is 0 Å². The molecular formula is C27H46. The fraction of sp³-hybridized carbons (Fsp3) is 0.630. The first kappa shape index (κ1) is 25.7. The molecule has 0 heterocycles. The Balaban J connectivity index is 0.00000103. The number of hydrogen-bond donors (Lipinski definition) is 0. The van der Waals surface area contributed by atoms with Crippen LogP contribution >= 0.6 is 0 Å². The minimum atomic E-state index is 0.257. The molecule has 1 aromatic rings. The van der Waals surface area contributed by atoms with Gasteiger partial charge >= 0.3 is 0 Å². The predicted octanol–water partition coefficient (Wildman–Crippen LogP) is 9.13. The van der Waals surface area contributed by atoms with Crippen LogP contribution in [0.25, 0.3) is 0 Å². The highest BCUT2D eigenvalue weighted by molar-refractivity contribution is 5.40. The van der Waals surface area contributed by atoms with Crippen molar-refractivity contribution in [3.63, 3.8) is 0 Å². The van der Waals surface area contributed by atoms with Crippen molar-refractivity contribution < 1.29 is 0 Å². The topological polar surface area (TPSA) is 0 Å². The summed E-state index contributed by atoms with van der Waals surface area (Å²) in [4.78, 5) is 0. The van der Waals surface area contributed by atoms with Gasteiger partial charge in [0.05, 0.1) is 0 Å². The van der Waals surface area contributed by atoms with Gasteiger partial charge in [0, 0.05) is 5.41 Å². The molecule has 1 aromatic carbocycles. The summed E-state index contributed by atoms with van der Waals surface area (Å²) >= 11 is 0. The third-order valence-electron chi connectivity index (χ3n) is 5.33. The molecule has 27 heavy (non-hydrogen) atoms. The molecule has 1 fully saturated rings. The molecule has 0 bridgehead atoms. The van der Waals surface area contributed by atoms with Crippen molar-refractivity contribution in [2.75, 3.05) is 0 Å². The second kappa shape index (κ2) is 13.0. The summed E-state index contributed by atoms with van der Waals surface area (Å²) in [6.45, 7) is 19.4. The van der Waals surface area contributed by atoms with Gasteiger partial charge in [-0.05, 0) is 49.0 Å². The second-order valence-corrected chi connectivity index (χ2v) is 7.96. The van der Waals surface area contributed by atoms with Crippen molar-refractivity contribution in [3.05, 3.63) is 59.7 Å². The molecule has 0 spiro atoms. The first-order chi connectivity index (χ1) is 13.0. The van der Waals surface area contributed by atoms with Gasteiger partial charge in [-0.2, -0.15) is 0 Å². The van der Waals surface area contributed by atoms with Gasteiger partial charge in [0.1, 0.15) is 0 Å². The Morgan fingerprint density at radius 2 is 1.44 bits per heavy atom. The zero-order chi connectivity index (χ0) is 20.9. The number of allylic oxidation sites excluding steroid dienone is 4. The van der Waals surface area contributed by atoms with Gasteiger partial charge in [-0.15, -0.1) is 0 Å². The lowest BCUT2D eigenvalue weighted by atomic mass is 9.54. The number of hydrogen-bond acceptors (Lipinski definition) is 0. The summed E-state index contributed by atoms with van der Waals surface area (Å²) in [6, 6.07) is 11.3. The van der Waals surface area contributed by atoms with E-state index in [1.807, 2.05) is 41.5 Å². The first-order valence-electron chi connectivity index (χ1n) is 11.4. The molecule has 2 aliphatic carbocycles. The normalized spacial score (nSPS) is 25.4. The Labute approximate surface area is 171 Å².